The normalized spacial score (nSPS) is 14.5. The minimum Gasteiger partial charge on any atom is -0.477 e. The molecule has 0 saturated heterocycles. The van der Waals surface area contributed by atoms with Crippen LogP contribution in [0.15, 0.2) is 139 Å². The SMILES string of the molecule is CC1(C)c2ccccc2-c2ccc(N(c3ccc(-c4ccc(-c5ccc(/C=C(\C#N)C(=O)O)s5)s4)cc3)c3ccc4c(c3)C(C)(C)c3ccccc3-4)cc21. The number of nitrogens with zero attached hydrogens (tertiary/aromatic N) is 2. The van der Waals surface area contributed by atoms with Crippen LogP contribution < -0.4 is 4.90 Å². The molecule has 262 valence electrons. The molecule has 2 aliphatic rings. The van der Waals surface area contributed by atoms with E-state index in [-0.39, 0.29) is 16.4 Å². The number of benzene rings is 5. The fourth-order valence-corrected chi connectivity index (χ4v) is 10.4. The maximum absolute atomic E-state index is 11.3. The lowest BCUT2D eigenvalue weighted by Crippen LogP contribution is -2.18. The van der Waals surface area contributed by atoms with Gasteiger partial charge in [0.15, 0.2) is 0 Å². The summed E-state index contributed by atoms with van der Waals surface area (Å²) in [7, 11) is 0. The average molecular weight is 737 g/mol. The molecule has 2 aromatic heterocycles. The fraction of sp³-hybridized carbons (Fsp3) is 0.125. The summed E-state index contributed by atoms with van der Waals surface area (Å²) in [6, 6.07) is 50.2. The van der Waals surface area contributed by atoms with Crippen molar-refractivity contribution in [1.29, 1.82) is 5.26 Å². The summed E-state index contributed by atoms with van der Waals surface area (Å²) in [5.41, 5.74) is 14.6. The number of carbonyl (C=O) groups is 1. The van der Waals surface area contributed by atoms with Crippen molar-refractivity contribution in [3.05, 3.63) is 166 Å². The minimum absolute atomic E-state index is 0.121. The van der Waals surface area contributed by atoms with Gasteiger partial charge in [-0.1, -0.05) is 100 Å². The number of rotatable bonds is 7. The Hall–Kier alpha value is -6.00. The van der Waals surface area contributed by atoms with Gasteiger partial charge in [0.25, 0.3) is 0 Å². The van der Waals surface area contributed by atoms with Gasteiger partial charge in [-0.25, -0.2) is 4.79 Å². The molecule has 7 aromatic rings. The van der Waals surface area contributed by atoms with Crippen molar-refractivity contribution in [1.82, 2.24) is 0 Å². The summed E-state index contributed by atoms with van der Waals surface area (Å²) < 4.78 is 0. The number of nitriles is 1. The Bertz CT molecular complexity index is 2610. The van der Waals surface area contributed by atoms with Crippen LogP contribution in [0, 0.1) is 11.3 Å². The molecule has 54 heavy (non-hydrogen) atoms. The molecule has 0 spiro atoms. The summed E-state index contributed by atoms with van der Waals surface area (Å²) in [5, 5.41) is 18.4. The third-order valence-corrected chi connectivity index (χ3v) is 13.5. The zero-order valence-corrected chi connectivity index (χ0v) is 32.0. The molecule has 0 unspecified atom stereocenters. The van der Waals surface area contributed by atoms with Gasteiger partial charge in [-0.2, -0.15) is 5.26 Å². The first-order chi connectivity index (χ1) is 26.0. The van der Waals surface area contributed by atoms with E-state index in [0.29, 0.717) is 0 Å². The monoisotopic (exact) mass is 736 g/mol. The van der Waals surface area contributed by atoms with E-state index < -0.39 is 5.97 Å². The predicted octanol–water partition coefficient (Wildman–Crippen LogP) is 13.2. The lowest BCUT2D eigenvalue weighted by atomic mass is 9.82. The Morgan fingerprint density at radius 3 is 1.63 bits per heavy atom. The van der Waals surface area contributed by atoms with Crippen LogP contribution in [-0.2, 0) is 15.6 Å². The quantitative estimate of drug-likeness (QED) is 0.131. The summed E-state index contributed by atoms with van der Waals surface area (Å²) >= 11 is 3.18. The van der Waals surface area contributed by atoms with Crippen molar-refractivity contribution < 1.29 is 9.90 Å². The molecule has 0 saturated carbocycles. The van der Waals surface area contributed by atoms with E-state index in [4.69, 9.17) is 0 Å². The number of carboxylic acids is 1. The van der Waals surface area contributed by atoms with E-state index in [1.54, 1.807) is 17.4 Å². The van der Waals surface area contributed by atoms with E-state index in [0.717, 1.165) is 42.1 Å². The van der Waals surface area contributed by atoms with Crippen LogP contribution in [0.25, 0.3) is 48.5 Å². The Morgan fingerprint density at radius 2 is 1.07 bits per heavy atom. The second-order valence-corrected chi connectivity index (χ2v) is 17.2. The lowest BCUT2D eigenvalue weighted by molar-refractivity contribution is -0.132. The van der Waals surface area contributed by atoms with Crippen molar-refractivity contribution in [2.45, 2.75) is 38.5 Å². The molecule has 9 rings (SSSR count). The van der Waals surface area contributed by atoms with E-state index in [2.05, 4.69) is 154 Å². The van der Waals surface area contributed by atoms with Crippen LogP contribution in [0.4, 0.5) is 17.1 Å². The smallest absolute Gasteiger partial charge is 0.346 e. The molecule has 0 atom stereocenters. The third-order valence-electron chi connectivity index (χ3n) is 11.2. The highest BCUT2D eigenvalue weighted by Gasteiger charge is 2.37. The van der Waals surface area contributed by atoms with Gasteiger partial charge in [-0.15, -0.1) is 22.7 Å². The van der Waals surface area contributed by atoms with E-state index in [9.17, 15) is 15.2 Å². The highest BCUT2D eigenvalue weighted by atomic mass is 32.1. The van der Waals surface area contributed by atoms with Crippen molar-refractivity contribution in [2.24, 2.45) is 0 Å². The molecular formula is C48H36N2O2S2. The Balaban J connectivity index is 1.11. The van der Waals surface area contributed by atoms with E-state index >= 15 is 0 Å². The molecule has 0 bridgehead atoms. The molecule has 0 radical (unpaired) electrons. The molecule has 0 aliphatic heterocycles. The van der Waals surface area contributed by atoms with Crippen molar-refractivity contribution in [3.63, 3.8) is 0 Å². The Labute approximate surface area is 323 Å². The molecule has 1 N–H and O–H groups in total. The highest BCUT2D eigenvalue weighted by Crippen LogP contribution is 2.53. The van der Waals surface area contributed by atoms with Crippen LogP contribution in [-0.4, -0.2) is 11.1 Å². The Morgan fingerprint density at radius 1 is 0.593 bits per heavy atom. The zero-order chi connectivity index (χ0) is 37.4. The number of hydrogen-bond acceptors (Lipinski definition) is 5. The van der Waals surface area contributed by atoms with Crippen LogP contribution in [0.3, 0.4) is 0 Å². The van der Waals surface area contributed by atoms with Crippen molar-refractivity contribution in [3.8, 4) is 48.5 Å². The van der Waals surface area contributed by atoms with Crippen molar-refractivity contribution >= 4 is 51.8 Å². The summed E-state index contributed by atoms with van der Waals surface area (Å²) in [5.74, 6) is -1.22. The minimum atomic E-state index is -1.22. The fourth-order valence-electron chi connectivity index (χ4n) is 8.36. The molecule has 2 heterocycles. The molecular weight excluding hydrogens is 701 g/mol. The third kappa shape index (κ3) is 5.35. The molecule has 0 amide bonds. The van der Waals surface area contributed by atoms with Crippen LogP contribution in [0.5, 0.6) is 0 Å². The number of fused-ring (bicyclic) bond motifs is 6. The summed E-state index contributed by atoms with van der Waals surface area (Å²) in [6.45, 7) is 9.33. The standard InChI is InChI=1S/C48H36N2O2S2/c1-47(2)39-11-7-5-9-35(39)37-20-17-32(26-41(37)47)50(33-18-21-38-36-10-6-8-12-40(36)48(3,4)42(38)27-33)31-15-13-29(14-16-31)43-23-24-45(54-43)44-22-19-34(53-44)25-30(28-49)46(51)52/h5-27H,1-4H3,(H,51,52)/b30-25+. The number of aliphatic carboxylic acids is 1. The van der Waals surface area contributed by atoms with Gasteiger partial charge in [0.1, 0.15) is 11.6 Å². The topological polar surface area (TPSA) is 64.3 Å². The highest BCUT2D eigenvalue weighted by molar-refractivity contribution is 7.24. The van der Waals surface area contributed by atoms with Gasteiger partial charge in [-0.3, -0.25) is 0 Å². The van der Waals surface area contributed by atoms with E-state index in [1.165, 1.54) is 61.9 Å². The summed E-state index contributed by atoms with van der Waals surface area (Å²) in [6.07, 6.45) is 1.43. The van der Waals surface area contributed by atoms with Gasteiger partial charge in [0, 0.05) is 47.4 Å². The molecule has 4 nitrogen and oxygen atoms in total. The van der Waals surface area contributed by atoms with Gasteiger partial charge in [0.2, 0.25) is 0 Å². The second-order valence-electron chi connectivity index (χ2n) is 15.0. The maximum Gasteiger partial charge on any atom is 0.346 e. The van der Waals surface area contributed by atoms with Gasteiger partial charge < -0.3 is 10.0 Å². The number of hydrogen-bond donors (Lipinski definition) is 1. The number of anilines is 3. The van der Waals surface area contributed by atoms with Gasteiger partial charge >= 0.3 is 5.97 Å². The van der Waals surface area contributed by atoms with Gasteiger partial charge in [-0.05, 0) is 117 Å². The van der Waals surface area contributed by atoms with Crippen LogP contribution in [0.1, 0.15) is 54.8 Å². The lowest BCUT2D eigenvalue weighted by Gasteiger charge is -2.30. The first kappa shape index (κ1) is 33.8. The first-order valence-corrected chi connectivity index (χ1v) is 19.6. The van der Waals surface area contributed by atoms with Crippen LogP contribution in [0.2, 0.25) is 0 Å². The maximum atomic E-state index is 11.3. The van der Waals surface area contributed by atoms with E-state index in [1.807, 2.05) is 12.1 Å². The first-order valence-electron chi connectivity index (χ1n) is 18.0. The molecule has 5 aromatic carbocycles. The molecule has 6 heteroatoms. The Kier molecular flexibility index (Phi) is 7.86. The number of carboxylic acid groups (broad SMARTS) is 1. The summed E-state index contributed by atoms with van der Waals surface area (Å²) in [4.78, 5) is 17.7. The van der Waals surface area contributed by atoms with Crippen LogP contribution >= 0.6 is 22.7 Å². The van der Waals surface area contributed by atoms with Crippen molar-refractivity contribution in [2.75, 3.05) is 4.90 Å². The second kappa shape index (κ2) is 12.6. The largest absolute Gasteiger partial charge is 0.477 e. The average Bonchev–Trinajstić information content (AvgIpc) is 3.95. The number of thiophene rings is 2. The predicted molar refractivity (Wildman–Crippen MR) is 224 cm³/mol. The zero-order valence-electron chi connectivity index (χ0n) is 30.3. The molecule has 2 aliphatic carbocycles. The molecule has 0 fully saturated rings. The van der Waals surface area contributed by atoms with Gasteiger partial charge in [0.05, 0.1) is 0 Å².